The van der Waals surface area contributed by atoms with E-state index < -0.39 is 15.6 Å². The zero-order chi connectivity index (χ0) is 28.9. The second kappa shape index (κ2) is 12.3. The third-order valence-corrected chi connectivity index (χ3v) is 8.61. The van der Waals surface area contributed by atoms with Crippen LogP contribution in [0.4, 0.5) is 11.4 Å². The molecule has 0 atom stereocenters. The smallest absolute Gasteiger partial charge is 0.241 e. The van der Waals surface area contributed by atoms with Gasteiger partial charge < -0.3 is 16.0 Å². The molecular formula is C29H31N5O3S3. The fourth-order valence-electron chi connectivity index (χ4n) is 3.87. The van der Waals surface area contributed by atoms with Crippen LogP contribution < -0.4 is 20.7 Å². The van der Waals surface area contributed by atoms with Gasteiger partial charge in [0, 0.05) is 47.7 Å². The fraction of sp³-hybridized carbons (Fsp3) is 0.207. The van der Waals surface area contributed by atoms with Gasteiger partial charge in [-0.3, -0.25) is 4.79 Å². The highest BCUT2D eigenvalue weighted by molar-refractivity contribution is 7.89. The van der Waals surface area contributed by atoms with Crippen LogP contribution >= 0.6 is 23.6 Å². The van der Waals surface area contributed by atoms with Gasteiger partial charge in [-0.1, -0.05) is 36.4 Å². The molecule has 40 heavy (non-hydrogen) atoms. The Hall–Kier alpha value is -3.64. The zero-order valence-corrected chi connectivity index (χ0v) is 25.1. The van der Waals surface area contributed by atoms with E-state index in [1.165, 1.54) is 24.3 Å². The monoisotopic (exact) mass is 593 g/mol. The number of thiocarbonyl (C=S) groups is 1. The predicted molar refractivity (Wildman–Crippen MR) is 167 cm³/mol. The summed E-state index contributed by atoms with van der Waals surface area (Å²) in [5, 5.41) is 10.3. The molecule has 1 amide bonds. The summed E-state index contributed by atoms with van der Waals surface area (Å²) in [5.74, 6) is -0.286. The molecule has 1 heterocycles. The predicted octanol–water partition coefficient (Wildman–Crippen LogP) is 6.00. The van der Waals surface area contributed by atoms with E-state index in [0.29, 0.717) is 27.8 Å². The van der Waals surface area contributed by atoms with Crippen LogP contribution in [0.3, 0.4) is 0 Å². The van der Waals surface area contributed by atoms with Gasteiger partial charge in [-0.15, -0.1) is 11.3 Å². The van der Waals surface area contributed by atoms with Crippen molar-refractivity contribution in [3.05, 3.63) is 84.6 Å². The van der Waals surface area contributed by atoms with Crippen molar-refractivity contribution in [2.75, 3.05) is 10.6 Å². The van der Waals surface area contributed by atoms with E-state index >= 15 is 0 Å². The van der Waals surface area contributed by atoms with Crippen LogP contribution in [0.15, 0.2) is 83.9 Å². The summed E-state index contributed by atoms with van der Waals surface area (Å²) in [5.41, 5.74) is 3.07. The maximum absolute atomic E-state index is 13.3. The quantitative estimate of drug-likeness (QED) is 0.186. The lowest BCUT2D eigenvalue weighted by Gasteiger charge is -2.22. The van der Waals surface area contributed by atoms with E-state index in [9.17, 15) is 13.2 Å². The third kappa shape index (κ3) is 7.95. The van der Waals surface area contributed by atoms with E-state index in [-0.39, 0.29) is 10.8 Å². The van der Waals surface area contributed by atoms with E-state index in [2.05, 4.69) is 25.7 Å². The SMILES string of the molecule is CC(=O)Nc1ccc(-c2cnc(-c3ccc(NC(=S)NCc4ccccc4)cc3)s2)c(S(=O)(=O)NC(C)(C)C)c1. The van der Waals surface area contributed by atoms with Crippen LogP contribution in [0.25, 0.3) is 21.0 Å². The minimum atomic E-state index is -3.90. The molecule has 4 N–H and O–H groups in total. The first-order valence-corrected chi connectivity index (χ1v) is 15.2. The van der Waals surface area contributed by atoms with Gasteiger partial charge in [0.1, 0.15) is 5.01 Å². The molecule has 4 aromatic rings. The van der Waals surface area contributed by atoms with Crippen molar-refractivity contribution in [3.8, 4) is 21.0 Å². The number of nitrogens with zero attached hydrogens (tertiary/aromatic N) is 1. The summed E-state index contributed by atoms with van der Waals surface area (Å²) >= 11 is 6.80. The van der Waals surface area contributed by atoms with Crippen molar-refractivity contribution < 1.29 is 13.2 Å². The number of sulfonamides is 1. The van der Waals surface area contributed by atoms with E-state index in [1.54, 1.807) is 39.1 Å². The van der Waals surface area contributed by atoms with Crippen LogP contribution in [-0.4, -0.2) is 30.0 Å². The molecule has 0 unspecified atom stereocenters. The van der Waals surface area contributed by atoms with Gasteiger partial charge in [0.25, 0.3) is 0 Å². The van der Waals surface area contributed by atoms with E-state index in [4.69, 9.17) is 12.2 Å². The van der Waals surface area contributed by atoms with Crippen molar-refractivity contribution in [2.45, 2.75) is 44.7 Å². The molecule has 8 nitrogen and oxygen atoms in total. The van der Waals surface area contributed by atoms with Crippen LogP contribution in [0.5, 0.6) is 0 Å². The number of nitrogens with one attached hydrogen (secondary N) is 4. The molecule has 3 aromatic carbocycles. The Bertz CT molecular complexity index is 1610. The number of thiazole rings is 1. The summed E-state index contributed by atoms with van der Waals surface area (Å²) in [6.07, 6.45) is 1.66. The third-order valence-electron chi connectivity index (χ3n) is 5.49. The normalized spacial score (nSPS) is 11.6. The number of carbonyl (C=O) groups excluding carboxylic acids is 1. The minimum Gasteiger partial charge on any atom is -0.358 e. The first-order valence-electron chi connectivity index (χ1n) is 12.5. The summed E-state index contributed by atoms with van der Waals surface area (Å²) in [7, 11) is -3.90. The first kappa shape index (κ1) is 29.3. The lowest BCUT2D eigenvalue weighted by Crippen LogP contribution is -2.40. The Balaban J connectivity index is 1.53. The first-order chi connectivity index (χ1) is 18.9. The molecule has 208 valence electrons. The molecule has 0 aliphatic carbocycles. The molecule has 4 rings (SSSR count). The highest BCUT2D eigenvalue weighted by Gasteiger charge is 2.26. The van der Waals surface area contributed by atoms with Gasteiger partial charge in [0.15, 0.2) is 5.11 Å². The number of amides is 1. The Morgan fingerprint density at radius 3 is 2.27 bits per heavy atom. The van der Waals surface area contributed by atoms with Crippen LogP contribution in [0.1, 0.15) is 33.3 Å². The minimum absolute atomic E-state index is 0.0694. The van der Waals surface area contributed by atoms with Gasteiger partial charge in [-0.2, -0.15) is 0 Å². The van der Waals surface area contributed by atoms with Crippen molar-refractivity contribution in [1.29, 1.82) is 0 Å². The molecule has 0 spiro atoms. The van der Waals surface area contributed by atoms with Gasteiger partial charge in [0.2, 0.25) is 15.9 Å². The number of hydrogen-bond acceptors (Lipinski definition) is 6. The molecule has 1 aromatic heterocycles. The number of hydrogen-bond donors (Lipinski definition) is 4. The average molecular weight is 594 g/mol. The summed E-state index contributed by atoms with van der Waals surface area (Å²) in [6, 6.07) is 22.6. The lowest BCUT2D eigenvalue weighted by atomic mass is 10.1. The number of carbonyl (C=O) groups is 1. The van der Waals surface area contributed by atoms with Crippen molar-refractivity contribution in [1.82, 2.24) is 15.0 Å². The Labute approximate surface area is 244 Å². The van der Waals surface area contributed by atoms with Crippen LogP contribution in [0.2, 0.25) is 0 Å². The summed E-state index contributed by atoms with van der Waals surface area (Å²) < 4.78 is 29.4. The topological polar surface area (TPSA) is 112 Å². The second-order valence-electron chi connectivity index (χ2n) is 10.1. The van der Waals surface area contributed by atoms with Crippen molar-refractivity contribution in [3.63, 3.8) is 0 Å². The van der Waals surface area contributed by atoms with Gasteiger partial charge in [-0.25, -0.2) is 18.1 Å². The van der Waals surface area contributed by atoms with Crippen molar-refractivity contribution >= 4 is 56.0 Å². The Kier molecular flexibility index (Phi) is 8.99. The standard InChI is InChI=1S/C29H31N5O3S3/c1-19(35)32-23-14-15-24(26(16-23)40(36,37)34-29(2,3)4)25-18-30-27(39-25)21-10-12-22(13-11-21)33-28(38)31-17-20-8-6-5-7-9-20/h5-16,18,34H,17H2,1-4H3,(H,32,35)(H2,31,33,38). The lowest BCUT2D eigenvalue weighted by molar-refractivity contribution is -0.114. The molecular weight excluding hydrogens is 563 g/mol. The van der Waals surface area contributed by atoms with Gasteiger partial charge >= 0.3 is 0 Å². The van der Waals surface area contributed by atoms with E-state index in [0.717, 1.165) is 21.8 Å². The maximum atomic E-state index is 13.3. The van der Waals surface area contributed by atoms with E-state index in [1.807, 2.05) is 54.6 Å². The molecule has 0 saturated carbocycles. The molecule has 11 heteroatoms. The molecule has 0 aliphatic rings. The second-order valence-corrected chi connectivity index (χ2v) is 13.2. The maximum Gasteiger partial charge on any atom is 0.241 e. The average Bonchev–Trinajstić information content (AvgIpc) is 3.37. The number of rotatable bonds is 8. The molecule has 0 aliphatic heterocycles. The Morgan fingerprint density at radius 1 is 0.950 bits per heavy atom. The molecule has 0 radical (unpaired) electrons. The van der Waals surface area contributed by atoms with Crippen LogP contribution in [0, 0.1) is 0 Å². The number of anilines is 2. The zero-order valence-electron chi connectivity index (χ0n) is 22.6. The summed E-state index contributed by atoms with van der Waals surface area (Å²) in [4.78, 5) is 16.9. The highest BCUT2D eigenvalue weighted by atomic mass is 32.2. The number of benzene rings is 3. The largest absolute Gasteiger partial charge is 0.358 e. The Morgan fingerprint density at radius 2 is 1.62 bits per heavy atom. The van der Waals surface area contributed by atoms with Gasteiger partial charge in [0.05, 0.1) is 9.77 Å². The molecule has 0 bridgehead atoms. The summed E-state index contributed by atoms with van der Waals surface area (Å²) in [6.45, 7) is 7.33. The fourth-order valence-corrected chi connectivity index (χ4v) is 6.75. The molecule has 0 saturated heterocycles. The van der Waals surface area contributed by atoms with Gasteiger partial charge in [-0.05, 0) is 75.0 Å². The highest BCUT2D eigenvalue weighted by Crippen LogP contribution is 2.37. The number of aromatic nitrogens is 1. The van der Waals surface area contributed by atoms with Crippen LogP contribution in [-0.2, 0) is 21.4 Å². The van der Waals surface area contributed by atoms with Crippen molar-refractivity contribution in [2.24, 2.45) is 0 Å². The molecule has 0 fully saturated rings.